The van der Waals surface area contributed by atoms with Gasteiger partial charge in [-0.05, 0) is 25.5 Å². The van der Waals surface area contributed by atoms with Crippen molar-refractivity contribution in [3.05, 3.63) is 54.1 Å². The van der Waals surface area contributed by atoms with Crippen LogP contribution >= 0.6 is 0 Å². The Balaban J connectivity index is 2.09. The van der Waals surface area contributed by atoms with Gasteiger partial charge in [-0.2, -0.15) is 5.26 Å². The molecule has 0 aliphatic rings. The summed E-state index contributed by atoms with van der Waals surface area (Å²) >= 11 is 0. The zero-order valence-electron chi connectivity index (χ0n) is 14.3. The first-order valence-electron chi connectivity index (χ1n) is 8.28. The number of nitrogens with zero attached hydrogens (tertiary/aromatic N) is 2. The molecule has 2 amide bonds. The van der Waals surface area contributed by atoms with Crippen LogP contribution in [-0.2, 0) is 4.79 Å². The van der Waals surface area contributed by atoms with Gasteiger partial charge in [-0.25, -0.2) is 4.98 Å². The first-order chi connectivity index (χ1) is 12.5. The van der Waals surface area contributed by atoms with Gasteiger partial charge in [0.25, 0.3) is 5.91 Å². The number of primary amides is 1. The Bertz CT molecular complexity index is 985. The Hall–Kier alpha value is -3.46. The van der Waals surface area contributed by atoms with Gasteiger partial charge in [-0.3, -0.25) is 9.59 Å². The molecule has 0 bridgehead atoms. The molecule has 2 atom stereocenters. The van der Waals surface area contributed by atoms with Crippen molar-refractivity contribution >= 4 is 33.6 Å². The lowest BCUT2D eigenvalue weighted by Gasteiger charge is -2.18. The number of fused-ring (bicyclic) bond motifs is 2. The van der Waals surface area contributed by atoms with Crippen molar-refractivity contribution < 1.29 is 9.59 Å². The lowest BCUT2D eigenvalue weighted by molar-refractivity contribution is -0.120. The van der Waals surface area contributed by atoms with Crippen LogP contribution in [0.5, 0.6) is 0 Å². The van der Waals surface area contributed by atoms with Crippen LogP contribution in [-0.4, -0.2) is 22.8 Å². The van der Waals surface area contributed by atoms with E-state index in [1.54, 1.807) is 6.92 Å². The SMILES string of the molecule is C[C@H](C#N)C[C@@H](NC(=O)c1c2ccccc2nc2ccccc12)C(N)=O. The number of rotatable bonds is 5. The molecule has 0 fully saturated rings. The maximum absolute atomic E-state index is 13.0. The number of para-hydroxylation sites is 2. The highest BCUT2D eigenvalue weighted by molar-refractivity contribution is 6.16. The summed E-state index contributed by atoms with van der Waals surface area (Å²) in [6, 6.07) is 15.8. The molecule has 6 heteroatoms. The number of nitriles is 1. The summed E-state index contributed by atoms with van der Waals surface area (Å²) in [5.41, 5.74) is 7.25. The number of carbonyl (C=O) groups is 2. The molecular formula is C20H18N4O2. The van der Waals surface area contributed by atoms with Crippen molar-refractivity contribution in [3.8, 4) is 6.07 Å². The molecule has 3 aromatic rings. The lowest BCUT2D eigenvalue weighted by Crippen LogP contribution is -2.45. The third-order valence-electron chi connectivity index (χ3n) is 4.27. The number of hydrogen-bond donors (Lipinski definition) is 2. The third-order valence-corrected chi connectivity index (χ3v) is 4.27. The maximum atomic E-state index is 13.0. The van der Waals surface area contributed by atoms with Gasteiger partial charge in [0.05, 0.1) is 22.7 Å². The summed E-state index contributed by atoms with van der Waals surface area (Å²) in [4.78, 5) is 29.3. The fourth-order valence-corrected chi connectivity index (χ4v) is 2.97. The highest BCUT2D eigenvalue weighted by Crippen LogP contribution is 2.26. The van der Waals surface area contributed by atoms with Gasteiger partial charge in [0.1, 0.15) is 6.04 Å². The third kappa shape index (κ3) is 3.33. The number of carbonyl (C=O) groups excluding carboxylic acids is 2. The zero-order chi connectivity index (χ0) is 18.7. The summed E-state index contributed by atoms with van der Waals surface area (Å²) in [6.45, 7) is 1.68. The topological polar surface area (TPSA) is 109 Å². The summed E-state index contributed by atoms with van der Waals surface area (Å²) in [5.74, 6) is -1.48. The van der Waals surface area contributed by atoms with Crippen LogP contribution in [0.15, 0.2) is 48.5 Å². The number of nitrogens with two attached hydrogens (primary N) is 1. The van der Waals surface area contributed by atoms with Crippen LogP contribution in [0, 0.1) is 17.2 Å². The summed E-state index contributed by atoms with van der Waals surface area (Å²) in [5, 5.41) is 13.1. The minimum Gasteiger partial charge on any atom is -0.368 e. The van der Waals surface area contributed by atoms with E-state index in [9.17, 15) is 9.59 Å². The van der Waals surface area contributed by atoms with Gasteiger partial charge in [0.15, 0.2) is 0 Å². The molecule has 3 N–H and O–H groups in total. The molecule has 6 nitrogen and oxygen atoms in total. The molecule has 130 valence electrons. The van der Waals surface area contributed by atoms with E-state index in [4.69, 9.17) is 11.0 Å². The summed E-state index contributed by atoms with van der Waals surface area (Å²) in [7, 11) is 0. The zero-order valence-corrected chi connectivity index (χ0v) is 14.3. The predicted octanol–water partition coefficient (Wildman–Crippen LogP) is 2.52. The van der Waals surface area contributed by atoms with Crippen molar-refractivity contribution in [1.29, 1.82) is 5.26 Å². The molecule has 2 aromatic carbocycles. The maximum Gasteiger partial charge on any atom is 0.253 e. The number of benzene rings is 2. The summed E-state index contributed by atoms with van der Waals surface area (Å²) in [6.07, 6.45) is 0.165. The molecule has 26 heavy (non-hydrogen) atoms. The van der Waals surface area contributed by atoms with Gasteiger partial charge in [-0.1, -0.05) is 36.4 Å². The minimum atomic E-state index is -0.914. The standard InChI is InChI=1S/C20H18N4O2/c1-12(11-21)10-17(19(22)25)24-20(26)18-13-6-2-4-8-15(13)23-16-9-5-3-7-14(16)18/h2-9,12,17H,10H2,1H3,(H2,22,25)(H,24,26)/t12-,17+/m0/s1. The average Bonchev–Trinajstić information content (AvgIpc) is 2.65. The van der Waals surface area contributed by atoms with E-state index in [1.165, 1.54) is 0 Å². The average molecular weight is 346 g/mol. The summed E-state index contributed by atoms with van der Waals surface area (Å²) < 4.78 is 0. The molecule has 0 aliphatic heterocycles. The second-order valence-corrected chi connectivity index (χ2v) is 6.22. The number of nitrogens with one attached hydrogen (secondary N) is 1. The van der Waals surface area contributed by atoms with Gasteiger partial charge in [-0.15, -0.1) is 0 Å². The fraction of sp³-hybridized carbons (Fsp3) is 0.200. The Morgan fingerprint density at radius 1 is 1.12 bits per heavy atom. The van der Waals surface area contributed by atoms with Crippen molar-refractivity contribution in [2.24, 2.45) is 11.7 Å². The van der Waals surface area contributed by atoms with E-state index in [1.807, 2.05) is 48.5 Å². The number of pyridine rings is 1. The van der Waals surface area contributed by atoms with Gasteiger partial charge < -0.3 is 11.1 Å². The van der Waals surface area contributed by atoms with Crippen LogP contribution in [0.3, 0.4) is 0 Å². The second kappa shape index (κ2) is 7.19. The normalized spacial score (nSPS) is 13.1. The van der Waals surface area contributed by atoms with Crippen molar-refractivity contribution in [3.63, 3.8) is 0 Å². The molecule has 0 aliphatic carbocycles. The first-order valence-corrected chi connectivity index (χ1v) is 8.28. The van der Waals surface area contributed by atoms with E-state index in [0.29, 0.717) is 27.4 Å². The second-order valence-electron chi connectivity index (χ2n) is 6.22. The molecular weight excluding hydrogens is 328 g/mol. The monoisotopic (exact) mass is 346 g/mol. The molecule has 0 saturated carbocycles. The van der Waals surface area contributed by atoms with Gasteiger partial charge in [0, 0.05) is 16.7 Å². The first kappa shape index (κ1) is 17.4. The molecule has 0 radical (unpaired) electrons. The van der Waals surface area contributed by atoms with Gasteiger partial charge >= 0.3 is 0 Å². The van der Waals surface area contributed by atoms with E-state index in [2.05, 4.69) is 16.4 Å². The molecule has 0 saturated heterocycles. The molecule has 0 unspecified atom stereocenters. The van der Waals surface area contributed by atoms with Gasteiger partial charge in [0.2, 0.25) is 5.91 Å². The largest absolute Gasteiger partial charge is 0.368 e. The van der Waals surface area contributed by atoms with Crippen LogP contribution < -0.4 is 11.1 Å². The minimum absolute atomic E-state index is 0.165. The molecule has 1 heterocycles. The van der Waals surface area contributed by atoms with Crippen LogP contribution in [0.2, 0.25) is 0 Å². The van der Waals surface area contributed by atoms with E-state index in [-0.39, 0.29) is 6.42 Å². The lowest BCUT2D eigenvalue weighted by atomic mass is 9.99. The highest BCUT2D eigenvalue weighted by Gasteiger charge is 2.24. The molecule has 3 rings (SSSR count). The molecule has 1 aromatic heterocycles. The smallest absolute Gasteiger partial charge is 0.253 e. The van der Waals surface area contributed by atoms with Crippen LogP contribution in [0.4, 0.5) is 0 Å². The molecule has 0 spiro atoms. The Labute approximate surface area is 150 Å². The number of amides is 2. The van der Waals surface area contributed by atoms with Crippen LogP contribution in [0.1, 0.15) is 23.7 Å². The van der Waals surface area contributed by atoms with E-state index >= 15 is 0 Å². The quantitative estimate of drug-likeness (QED) is 0.692. The van der Waals surface area contributed by atoms with E-state index in [0.717, 1.165) is 0 Å². The number of aromatic nitrogens is 1. The Morgan fingerprint density at radius 2 is 1.65 bits per heavy atom. The number of hydrogen-bond acceptors (Lipinski definition) is 4. The highest BCUT2D eigenvalue weighted by atomic mass is 16.2. The van der Waals surface area contributed by atoms with E-state index < -0.39 is 23.8 Å². The van der Waals surface area contributed by atoms with Crippen LogP contribution in [0.25, 0.3) is 21.8 Å². The Morgan fingerprint density at radius 3 is 2.15 bits per heavy atom. The van der Waals surface area contributed by atoms with Crippen molar-refractivity contribution in [1.82, 2.24) is 10.3 Å². The van der Waals surface area contributed by atoms with Crippen molar-refractivity contribution in [2.75, 3.05) is 0 Å². The van der Waals surface area contributed by atoms with Crippen molar-refractivity contribution in [2.45, 2.75) is 19.4 Å². The fourth-order valence-electron chi connectivity index (χ4n) is 2.97. The predicted molar refractivity (Wildman–Crippen MR) is 99.1 cm³/mol. The Kier molecular flexibility index (Phi) is 4.81.